The lowest BCUT2D eigenvalue weighted by Crippen LogP contribution is -2.46. The molecule has 10 nitrogen and oxygen atoms in total. The lowest BCUT2D eigenvalue weighted by Gasteiger charge is -2.34. The lowest BCUT2D eigenvalue weighted by atomic mass is 9.98. The third kappa shape index (κ3) is 5.62. The van der Waals surface area contributed by atoms with Gasteiger partial charge in [-0.3, -0.25) is 14.4 Å². The van der Waals surface area contributed by atoms with Gasteiger partial charge < -0.3 is 15.5 Å². The van der Waals surface area contributed by atoms with Crippen LogP contribution in [0.15, 0.2) is 52.5 Å². The Labute approximate surface area is 235 Å². The highest BCUT2D eigenvalue weighted by molar-refractivity contribution is 9.10. The van der Waals surface area contributed by atoms with Crippen LogP contribution in [0.2, 0.25) is 0 Å². The number of carbonyl (C=O) groups is 2. The van der Waals surface area contributed by atoms with E-state index in [1.165, 1.54) is 41.0 Å². The summed E-state index contributed by atoms with van der Waals surface area (Å²) in [6, 6.07) is 2.45. The number of aromatic nitrogens is 4. The van der Waals surface area contributed by atoms with E-state index in [1.807, 2.05) is 0 Å². The molecular weight excluding hydrogens is 595 g/mol. The summed E-state index contributed by atoms with van der Waals surface area (Å²) in [6.07, 6.45) is -0.391. The molecule has 0 bridgehead atoms. The molecule has 0 fully saturated rings. The SMILES string of the molecule is C=C[C@H](C)Nc1nc2c(c(=O)n1-c1ncc(C(=O)NC)cn1)C[C@@H](C)N(C(=O)c1ccc(Br)c(C(F)(F)F)c1)C2. The molecule has 1 aliphatic heterocycles. The molecule has 14 heteroatoms. The van der Waals surface area contributed by atoms with E-state index < -0.39 is 35.2 Å². The summed E-state index contributed by atoms with van der Waals surface area (Å²) in [5.74, 6) is -0.960. The fraction of sp³-hybridized carbons (Fsp3) is 0.308. The minimum Gasteiger partial charge on any atom is -0.355 e. The quantitative estimate of drug-likeness (QED) is 0.403. The van der Waals surface area contributed by atoms with Gasteiger partial charge in [0.1, 0.15) is 0 Å². The van der Waals surface area contributed by atoms with Crippen molar-refractivity contribution in [1.82, 2.24) is 29.7 Å². The van der Waals surface area contributed by atoms with Crippen molar-refractivity contribution >= 4 is 33.7 Å². The monoisotopic (exact) mass is 619 g/mol. The molecule has 0 radical (unpaired) electrons. The van der Waals surface area contributed by atoms with E-state index in [2.05, 4.69) is 48.1 Å². The van der Waals surface area contributed by atoms with Crippen molar-refractivity contribution in [3.63, 3.8) is 0 Å². The molecule has 1 aromatic carbocycles. The number of fused-ring (bicyclic) bond motifs is 1. The van der Waals surface area contributed by atoms with E-state index in [1.54, 1.807) is 19.9 Å². The zero-order valence-electron chi connectivity index (χ0n) is 21.7. The van der Waals surface area contributed by atoms with Crippen molar-refractivity contribution in [2.24, 2.45) is 0 Å². The Bertz CT molecular complexity index is 1540. The first-order chi connectivity index (χ1) is 18.8. The second-order valence-corrected chi connectivity index (χ2v) is 10.1. The molecule has 40 heavy (non-hydrogen) atoms. The molecule has 3 heterocycles. The standard InChI is InChI=1S/C26H25BrF3N7O3/c1-5-13(2)34-25-35-20-12-36(22(39)15-6-7-19(27)18(9-15)26(28,29)30)14(3)8-17(20)23(40)37(25)24-32-10-16(11-33-24)21(38)31-4/h5-7,9-11,13-14H,1,8,12H2,2-4H3,(H,31,38)(H,34,35)/t13-,14+/m0/s1. The Morgan fingerprint density at radius 3 is 2.50 bits per heavy atom. The van der Waals surface area contributed by atoms with Crippen molar-refractivity contribution in [2.45, 2.75) is 45.1 Å². The number of halogens is 4. The van der Waals surface area contributed by atoms with Crippen LogP contribution in [-0.2, 0) is 19.1 Å². The van der Waals surface area contributed by atoms with Gasteiger partial charge in [0, 0.05) is 47.1 Å². The van der Waals surface area contributed by atoms with Crippen molar-refractivity contribution in [3.05, 3.63) is 86.0 Å². The van der Waals surface area contributed by atoms with E-state index >= 15 is 0 Å². The first-order valence-corrected chi connectivity index (χ1v) is 12.9. The van der Waals surface area contributed by atoms with Crippen LogP contribution in [0.25, 0.3) is 5.95 Å². The molecule has 1 aliphatic rings. The molecule has 0 saturated heterocycles. The first-order valence-electron chi connectivity index (χ1n) is 12.1. The van der Waals surface area contributed by atoms with Gasteiger partial charge >= 0.3 is 6.18 Å². The van der Waals surface area contributed by atoms with E-state index in [4.69, 9.17) is 0 Å². The fourth-order valence-corrected chi connectivity index (χ4v) is 4.69. The summed E-state index contributed by atoms with van der Waals surface area (Å²) < 4.78 is 41.3. The normalized spacial score (nSPS) is 15.7. The van der Waals surface area contributed by atoms with Crippen LogP contribution >= 0.6 is 15.9 Å². The summed E-state index contributed by atoms with van der Waals surface area (Å²) in [5.41, 5.74) is -0.762. The minimum absolute atomic E-state index is 0.0209. The van der Waals surface area contributed by atoms with Crippen molar-refractivity contribution in [3.8, 4) is 5.95 Å². The Morgan fingerprint density at radius 1 is 1.23 bits per heavy atom. The zero-order chi connectivity index (χ0) is 29.4. The summed E-state index contributed by atoms with van der Waals surface area (Å²) in [5, 5.41) is 5.52. The van der Waals surface area contributed by atoms with Crippen LogP contribution in [0.3, 0.4) is 0 Å². The molecule has 0 saturated carbocycles. The highest BCUT2D eigenvalue weighted by Crippen LogP contribution is 2.36. The van der Waals surface area contributed by atoms with Gasteiger partial charge in [-0.25, -0.2) is 19.5 Å². The van der Waals surface area contributed by atoms with Gasteiger partial charge in [-0.1, -0.05) is 22.0 Å². The molecule has 210 valence electrons. The Hall–Kier alpha value is -4.07. The summed E-state index contributed by atoms with van der Waals surface area (Å²) in [6.45, 7) is 7.11. The lowest BCUT2D eigenvalue weighted by molar-refractivity contribution is -0.138. The van der Waals surface area contributed by atoms with Gasteiger partial charge in [-0.2, -0.15) is 13.2 Å². The topological polar surface area (TPSA) is 122 Å². The summed E-state index contributed by atoms with van der Waals surface area (Å²) in [7, 11) is 1.47. The van der Waals surface area contributed by atoms with Crippen LogP contribution in [0.4, 0.5) is 19.1 Å². The number of anilines is 1. The van der Waals surface area contributed by atoms with Gasteiger partial charge in [0.2, 0.25) is 11.9 Å². The maximum Gasteiger partial charge on any atom is 0.417 e. The molecule has 3 aromatic rings. The average Bonchev–Trinajstić information content (AvgIpc) is 2.92. The zero-order valence-corrected chi connectivity index (χ0v) is 23.3. The Kier molecular flexibility index (Phi) is 8.10. The maximum absolute atomic E-state index is 13.7. The molecule has 0 aliphatic carbocycles. The largest absolute Gasteiger partial charge is 0.417 e. The summed E-state index contributed by atoms with van der Waals surface area (Å²) in [4.78, 5) is 53.3. The van der Waals surface area contributed by atoms with Gasteiger partial charge in [-0.15, -0.1) is 6.58 Å². The molecule has 4 rings (SSSR count). The van der Waals surface area contributed by atoms with Crippen molar-refractivity contribution in [2.75, 3.05) is 12.4 Å². The number of hydrogen-bond donors (Lipinski definition) is 2. The Morgan fingerprint density at radius 2 is 1.90 bits per heavy atom. The molecule has 2 atom stereocenters. The number of alkyl halides is 3. The van der Waals surface area contributed by atoms with Crippen LogP contribution < -0.4 is 16.2 Å². The highest BCUT2D eigenvalue weighted by atomic mass is 79.9. The second-order valence-electron chi connectivity index (χ2n) is 9.20. The third-order valence-electron chi connectivity index (χ3n) is 6.43. The molecular formula is C26H25BrF3N7O3. The second kappa shape index (κ2) is 11.2. The number of hydrogen-bond acceptors (Lipinski definition) is 7. The van der Waals surface area contributed by atoms with Crippen molar-refractivity contribution < 1.29 is 22.8 Å². The van der Waals surface area contributed by atoms with Crippen LogP contribution in [-0.4, -0.2) is 55.4 Å². The fourth-order valence-electron chi connectivity index (χ4n) is 4.22. The van der Waals surface area contributed by atoms with Crippen LogP contribution in [0, 0.1) is 0 Å². The number of nitrogens with one attached hydrogen (secondary N) is 2. The maximum atomic E-state index is 13.7. The number of carbonyl (C=O) groups excluding carboxylic acids is 2. The summed E-state index contributed by atoms with van der Waals surface area (Å²) >= 11 is 2.89. The first kappa shape index (κ1) is 28.9. The van der Waals surface area contributed by atoms with E-state index in [-0.39, 0.29) is 46.5 Å². The Balaban J connectivity index is 1.76. The molecule has 2 N–H and O–H groups in total. The van der Waals surface area contributed by atoms with Crippen LogP contribution in [0.1, 0.15) is 51.4 Å². The highest BCUT2D eigenvalue weighted by Gasteiger charge is 2.36. The predicted octanol–water partition coefficient (Wildman–Crippen LogP) is 3.74. The van der Waals surface area contributed by atoms with E-state index in [9.17, 15) is 27.6 Å². The van der Waals surface area contributed by atoms with Gasteiger partial charge in [0.25, 0.3) is 17.4 Å². The average molecular weight is 620 g/mol. The molecule has 0 spiro atoms. The van der Waals surface area contributed by atoms with Gasteiger partial charge in [-0.05, 0) is 38.5 Å². The smallest absolute Gasteiger partial charge is 0.355 e. The minimum atomic E-state index is -4.65. The number of nitrogens with zero attached hydrogens (tertiary/aromatic N) is 5. The van der Waals surface area contributed by atoms with Gasteiger partial charge in [0.15, 0.2) is 0 Å². The molecule has 0 unspecified atom stereocenters. The number of rotatable bonds is 6. The third-order valence-corrected chi connectivity index (χ3v) is 7.12. The van der Waals surface area contributed by atoms with E-state index in [0.717, 1.165) is 6.07 Å². The van der Waals surface area contributed by atoms with Crippen LogP contribution in [0.5, 0.6) is 0 Å². The van der Waals surface area contributed by atoms with Crippen molar-refractivity contribution in [1.29, 1.82) is 0 Å². The van der Waals surface area contributed by atoms with E-state index in [0.29, 0.717) is 11.3 Å². The number of benzene rings is 1. The predicted molar refractivity (Wildman–Crippen MR) is 144 cm³/mol. The molecule has 2 amide bonds. The number of amides is 2. The van der Waals surface area contributed by atoms with Gasteiger partial charge in [0.05, 0.1) is 23.4 Å². The molecule has 2 aromatic heterocycles.